The molecule has 23 heavy (non-hydrogen) atoms. The van der Waals surface area contributed by atoms with E-state index in [0.29, 0.717) is 40.6 Å². The van der Waals surface area contributed by atoms with Gasteiger partial charge in [0, 0.05) is 18.1 Å². The van der Waals surface area contributed by atoms with E-state index in [0.717, 1.165) is 0 Å². The van der Waals surface area contributed by atoms with Crippen LogP contribution in [0.2, 0.25) is 0 Å². The summed E-state index contributed by atoms with van der Waals surface area (Å²) in [7, 11) is 0. The molecule has 5 nitrogen and oxygen atoms in total. The number of carboxylic acid groups (broad SMARTS) is 1. The van der Waals surface area contributed by atoms with Crippen LogP contribution in [-0.4, -0.2) is 32.7 Å². The Hall–Kier alpha value is -1.86. The molecule has 1 aromatic rings. The summed E-state index contributed by atoms with van der Waals surface area (Å²) in [6.45, 7) is 0.468. The number of phenolic OH excluding ortho intramolecular Hbond substituents is 1. The summed E-state index contributed by atoms with van der Waals surface area (Å²) < 4.78 is 0.483. The number of para-hydroxylation sites is 1. The molecule has 0 radical (unpaired) electrons. The summed E-state index contributed by atoms with van der Waals surface area (Å²) in [4.78, 5) is 24.7. The molecule has 2 rings (SSSR count). The van der Waals surface area contributed by atoms with Crippen LogP contribution < -0.4 is 5.11 Å². The van der Waals surface area contributed by atoms with E-state index in [4.69, 9.17) is 12.2 Å². The average Bonchev–Trinajstić information content (AvgIpc) is 2.76. The highest BCUT2D eigenvalue weighted by atomic mass is 32.2. The van der Waals surface area contributed by atoms with Gasteiger partial charge in [-0.2, -0.15) is 0 Å². The highest BCUT2D eigenvalue weighted by Gasteiger charge is 2.31. The Morgan fingerprint density at radius 1 is 1.30 bits per heavy atom. The van der Waals surface area contributed by atoms with Crippen molar-refractivity contribution >= 4 is 46.3 Å². The molecule has 1 aliphatic rings. The lowest BCUT2D eigenvalue weighted by Crippen LogP contribution is -2.29. The van der Waals surface area contributed by atoms with Crippen LogP contribution in [0.5, 0.6) is 5.75 Å². The molecule has 1 saturated heterocycles. The molecule has 0 unspecified atom stereocenters. The molecule has 1 amide bonds. The van der Waals surface area contributed by atoms with Crippen molar-refractivity contribution in [2.45, 2.75) is 25.7 Å². The molecule has 0 aromatic heterocycles. The van der Waals surface area contributed by atoms with Crippen LogP contribution in [0.4, 0.5) is 0 Å². The van der Waals surface area contributed by atoms with Gasteiger partial charge in [0.1, 0.15) is 10.1 Å². The van der Waals surface area contributed by atoms with E-state index in [-0.39, 0.29) is 18.1 Å². The van der Waals surface area contributed by atoms with Crippen molar-refractivity contribution in [3.63, 3.8) is 0 Å². The van der Waals surface area contributed by atoms with Gasteiger partial charge in [-0.3, -0.25) is 9.69 Å². The van der Waals surface area contributed by atoms with Crippen molar-refractivity contribution in [1.82, 2.24) is 4.90 Å². The van der Waals surface area contributed by atoms with Gasteiger partial charge in [0.05, 0.1) is 4.91 Å². The monoisotopic (exact) mass is 350 g/mol. The van der Waals surface area contributed by atoms with Crippen LogP contribution in [0.25, 0.3) is 6.08 Å². The predicted octanol–water partition coefficient (Wildman–Crippen LogP) is 1.90. The van der Waals surface area contributed by atoms with Crippen LogP contribution in [0, 0.1) is 0 Å². The number of nitrogens with zero attached hydrogens (tertiary/aromatic N) is 1. The van der Waals surface area contributed by atoms with Gasteiger partial charge in [-0.25, -0.2) is 0 Å². The molecular weight excluding hydrogens is 334 g/mol. The summed E-state index contributed by atoms with van der Waals surface area (Å²) in [6, 6.07) is 6.78. The van der Waals surface area contributed by atoms with Gasteiger partial charge < -0.3 is 15.0 Å². The summed E-state index contributed by atoms with van der Waals surface area (Å²) in [5, 5.41) is 20.1. The summed E-state index contributed by atoms with van der Waals surface area (Å²) in [5.74, 6) is -1.12. The van der Waals surface area contributed by atoms with Crippen molar-refractivity contribution < 1.29 is 19.8 Å². The maximum atomic E-state index is 12.4. The highest BCUT2D eigenvalue weighted by molar-refractivity contribution is 8.26. The molecule has 0 aliphatic carbocycles. The first kappa shape index (κ1) is 17.5. The molecule has 7 heteroatoms. The molecule has 0 saturated carbocycles. The number of thiocarbonyl (C=S) groups is 1. The van der Waals surface area contributed by atoms with Crippen LogP contribution >= 0.6 is 24.0 Å². The number of carboxylic acids is 1. The van der Waals surface area contributed by atoms with Gasteiger partial charge in [-0.1, -0.05) is 48.6 Å². The Labute approximate surface area is 144 Å². The first-order valence-electron chi connectivity index (χ1n) is 7.22. The number of carbonyl (C=O) groups is 2. The van der Waals surface area contributed by atoms with Crippen LogP contribution in [0.15, 0.2) is 29.2 Å². The molecule has 1 fully saturated rings. The first-order valence-corrected chi connectivity index (χ1v) is 8.44. The van der Waals surface area contributed by atoms with Gasteiger partial charge in [-0.05, 0) is 31.4 Å². The van der Waals surface area contributed by atoms with E-state index in [1.807, 2.05) is 0 Å². The van der Waals surface area contributed by atoms with Crippen molar-refractivity contribution in [2.24, 2.45) is 0 Å². The van der Waals surface area contributed by atoms with E-state index >= 15 is 0 Å². The lowest BCUT2D eigenvalue weighted by atomic mass is 10.1. The smallest absolute Gasteiger partial charge is 0.266 e. The second kappa shape index (κ2) is 8.12. The Morgan fingerprint density at radius 3 is 2.74 bits per heavy atom. The zero-order valence-corrected chi connectivity index (χ0v) is 14.0. The molecule has 0 atom stereocenters. The third-order valence-corrected chi connectivity index (χ3v) is 4.74. The number of benzene rings is 1. The molecule has 1 N–H and O–H groups in total. The molecule has 0 spiro atoms. The summed E-state index contributed by atoms with van der Waals surface area (Å²) in [6.07, 6.45) is 3.58. The largest absolute Gasteiger partial charge is 0.550 e. The lowest BCUT2D eigenvalue weighted by molar-refractivity contribution is -0.305. The number of aliphatic carboxylic acids is 1. The average molecular weight is 350 g/mol. The number of unbranched alkanes of at least 4 members (excludes halogenated alkanes) is 2. The number of thioether (sulfide) groups is 1. The van der Waals surface area contributed by atoms with Crippen molar-refractivity contribution in [2.75, 3.05) is 6.54 Å². The standard InChI is InChI=1S/C16H17NO4S2/c18-12-7-4-3-6-11(12)10-13-15(21)17(16(22)23-13)9-5-1-2-8-14(19)20/h3-4,6-7,10,18H,1-2,5,8-9H2,(H,19,20)/p-1. The van der Waals surface area contributed by atoms with E-state index in [1.165, 1.54) is 16.7 Å². The van der Waals surface area contributed by atoms with Crippen LogP contribution in [0.3, 0.4) is 0 Å². The molecule has 0 bridgehead atoms. The van der Waals surface area contributed by atoms with Crippen LogP contribution in [-0.2, 0) is 9.59 Å². The summed E-state index contributed by atoms with van der Waals surface area (Å²) in [5.41, 5.74) is 0.571. The van der Waals surface area contributed by atoms with Gasteiger partial charge in [0.15, 0.2) is 0 Å². The van der Waals surface area contributed by atoms with Gasteiger partial charge in [0.2, 0.25) is 0 Å². The fourth-order valence-electron chi connectivity index (χ4n) is 2.16. The maximum absolute atomic E-state index is 12.4. The van der Waals surface area contributed by atoms with Crippen molar-refractivity contribution in [3.05, 3.63) is 34.7 Å². The number of hydrogen-bond donors (Lipinski definition) is 1. The Kier molecular flexibility index (Phi) is 6.18. The number of aromatic hydroxyl groups is 1. The quantitative estimate of drug-likeness (QED) is 0.460. The zero-order chi connectivity index (χ0) is 16.8. The zero-order valence-electron chi connectivity index (χ0n) is 12.4. The second-order valence-corrected chi connectivity index (χ2v) is 6.75. The molecule has 1 aliphatic heterocycles. The second-order valence-electron chi connectivity index (χ2n) is 5.07. The van der Waals surface area contributed by atoms with Gasteiger partial charge in [-0.15, -0.1) is 0 Å². The predicted molar refractivity (Wildman–Crippen MR) is 91.5 cm³/mol. The Bertz CT molecular complexity index is 657. The lowest BCUT2D eigenvalue weighted by Gasteiger charge is -2.14. The first-order chi connectivity index (χ1) is 11.0. The fourth-order valence-corrected chi connectivity index (χ4v) is 3.46. The number of rotatable bonds is 7. The molecular formula is C16H16NO4S2-. The van der Waals surface area contributed by atoms with E-state index in [1.54, 1.807) is 30.3 Å². The Balaban J connectivity index is 1.95. The molecule has 1 aromatic carbocycles. The summed E-state index contributed by atoms with van der Waals surface area (Å²) >= 11 is 6.43. The number of phenols is 1. The number of amides is 1. The number of carbonyl (C=O) groups excluding carboxylic acids is 2. The normalized spacial score (nSPS) is 16.3. The van der Waals surface area contributed by atoms with Gasteiger partial charge in [0.25, 0.3) is 5.91 Å². The van der Waals surface area contributed by atoms with Crippen molar-refractivity contribution in [1.29, 1.82) is 0 Å². The minimum absolute atomic E-state index is 0.0333. The Morgan fingerprint density at radius 2 is 2.04 bits per heavy atom. The third kappa shape index (κ3) is 4.80. The molecule has 122 valence electrons. The van der Waals surface area contributed by atoms with Crippen molar-refractivity contribution in [3.8, 4) is 5.75 Å². The molecule has 1 heterocycles. The minimum atomic E-state index is -1.05. The maximum Gasteiger partial charge on any atom is 0.266 e. The van der Waals surface area contributed by atoms with E-state index in [9.17, 15) is 19.8 Å². The van der Waals surface area contributed by atoms with Gasteiger partial charge >= 0.3 is 0 Å². The topological polar surface area (TPSA) is 80.7 Å². The van der Waals surface area contributed by atoms with E-state index < -0.39 is 5.97 Å². The fraction of sp³-hybridized carbons (Fsp3) is 0.312. The number of hydrogen-bond acceptors (Lipinski definition) is 6. The van der Waals surface area contributed by atoms with Crippen LogP contribution in [0.1, 0.15) is 31.2 Å². The minimum Gasteiger partial charge on any atom is -0.550 e. The SMILES string of the molecule is O=C([O-])CCCCCN1C(=O)C(=Cc2ccccc2O)SC1=S. The third-order valence-electron chi connectivity index (χ3n) is 3.36. The van der Waals surface area contributed by atoms with E-state index in [2.05, 4.69) is 0 Å². The highest BCUT2D eigenvalue weighted by Crippen LogP contribution is 2.34.